The van der Waals surface area contributed by atoms with Gasteiger partial charge in [0.2, 0.25) is 17.7 Å². The van der Waals surface area contributed by atoms with E-state index in [2.05, 4.69) is 31.3 Å². The summed E-state index contributed by atoms with van der Waals surface area (Å²) in [5.41, 5.74) is 0.483. The number of imide groups is 1. The fourth-order valence-electron chi connectivity index (χ4n) is 3.98. The maximum atomic E-state index is 13.2. The quantitative estimate of drug-likeness (QED) is 0.329. The van der Waals surface area contributed by atoms with E-state index in [1.54, 1.807) is 35.2 Å². The smallest absolute Gasteiger partial charge is 0.322 e. The molecular formula is C19H21ClN8O4S. The standard InChI is InChI=1S/C19H21ClN8O4S/c1-19(2)13(14-24-26-27-25-14)28-16(31)12(17(28)33-19)22-15(30)11(9-6-4-3-5-7-9)23-18(32)21-10(29)8-20/h3-7,11-13,17H,8H2,1-2H3,(H,22,30)(H2,21,23,29,32)(H,24,25,26,27)/t11?,12?,13?,17-/m1/s1. The van der Waals surface area contributed by atoms with E-state index in [4.69, 9.17) is 11.6 Å². The second-order valence-electron chi connectivity index (χ2n) is 8.03. The normalized spacial score (nSPS) is 23.8. The lowest BCUT2D eigenvalue weighted by molar-refractivity contribution is -0.152. The zero-order valence-corrected chi connectivity index (χ0v) is 19.2. The first-order valence-corrected chi connectivity index (χ1v) is 11.4. The van der Waals surface area contributed by atoms with E-state index in [1.807, 2.05) is 19.2 Å². The van der Waals surface area contributed by atoms with Gasteiger partial charge in [0, 0.05) is 4.75 Å². The van der Waals surface area contributed by atoms with Crippen molar-refractivity contribution in [2.24, 2.45) is 0 Å². The van der Waals surface area contributed by atoms with Crippen LogP contribution in [0.2, 0.25) is 0 Å². The SMILES string of the molecule is CC1(C)S[C@@H]2C(NC(=O)C(NC(=O)NC(=O)CCl)c3ccccc3)C(=O)N2C1c1nnn[nH]1. The van der Waals surface area contributed by atoms with Gasteiger partial charge in [0.15, 0.2) is 5.82 Å². The number of urea groups is 1. The molecule has 4 atom stereocenters. The molecule has 1 aromatic heterocycles. The number of aromatic nitrogens is 4. The zero-order valence-electron chi connectivity index (χ0n) is 17.6. The van der Waals surface area contributed by atoms with E-state index in [9.17, 15) is 19.2 Å². The summed E-state index contributed by atoms with van der Waals surface area (Å²) >= 11 is 6.94. The van der Waals surface area contributed by atoms with Gasteiger partial charge in [-0.05, 0) is 29.8 Å². The fraction of sp³-hybridized carbons (Fsp3) is 0.421. The Morgan fingerprint density at radius 1 is 1.27 bits per heavy atom. The number of hydrogen-bond donors (Lipinski definition) is 4. The molecule has 2 aliphatic heterocycles. The van der Waals surface area contributed by atoms with Crippen molar-refractivity contribution >= 4 is 47.1 Å². The number of benzene rings is 1. The lowest BCUT2D eigenvalue weighted by Gasteiger charge is -2.44. The second-order valence-corrected chi connectivity index (χ2v) is 10.1. The number of carbonyl (C=O) groups is 4. The Morgan fingerprint density at radius 2 is 2.00 bits per heavy atom. The number of halogens is 1. The molecule has 2 aromatic rings. The summed E-state index contributed by atoms with van der Waals surface area (Å²) in [5, 5.41) is 20.8. The molecule has 0 radical (unpaired) electrons. The predicted molar refractivity (Wildman–Crippen MR) is 118 cm³/mol. The van der Waals surface area contributed by atoms with Gasteiger partial charge in [0.1, 0.15) is 29.4 Å². The van der Waals surface area contributed by atoms with Gasteiger partial charge in [-0.3, -0.25) is 19.7 Å². The Hall–Kier alpha value is -3.19. The first-order chi connectivity index (χ1) is 15.7. The molecule has 4 rings (SSSR count). The van der Waals surface area contributed by atoms with Crippen LogP contribution in [0.25, 0.3) is 0 Å². The van der Waals surface area contributed by atoms with Crippen LogP contribution in [0.5, 0.6) is 0 Å². The number of carbonyl (C=O) groups excluding carboxylic acids is 4. The number of nitrogens with one attached hydrogen (secondary N) is 4. The van der Waals surface area contributed by atoms with E-state index in [0.717, 1.165) is 0 Å². The second kappa shape index (κ2) is 8.98. The third-order valence-electron chi connectivity index (χ3n) is 5.40. The Kier molecular flexibility index (Phi) is 6.26. The lowest BCUT2D eigenvalue weighted by atomic mass is 9.95. The summed E-state index contributed by atoms with van der Waals surface area (Å²) in [6.07, 6.45) is 0. The van der Waals surface area contributed by atoms with Crippen molar-refractivity contribution in [1.82, 2.24) is 41.5 Å². The topological polar surface area (TPSA) is 162 Å². The molecular weight excluding hydrogens is 472 g/mol. The number of nitrogens with zero attached hydrogens (tertiary/aromatic N) is 4. The molecule has 2 fully saturated rings. The van der Waals surface area contributed by atoms with Crippen molar-refractivity contribution < 1.29 is 19.2 Å². The van der Waals surface area contributed by atoms with Crippen molar-refractivity contribution in [3.05, 3.63) is 41.7 Å². The number of aromatic amines is 1. The summed E-state index contributed by atoms with van der Waals surface area (Å²) in [7, 11) is 0. The van der Waals surface area contributed by atoms with Gasteiger partial charge in [-0.1, -0.05) is 30.3 Å². The van der Waals surface area contributed by atoms with Crippen LogP contribution in [0.4, 0.5) is 4.79 Å². The third-order valence-corrected chi connectivity index (χ3v) is 7.22. The first kappa shape index (κ1) is 23.0. The van der Waals surface area contributed by atoms with Gasteiger partial charge in [-0.15, -0.1) is 28.5 Å². The molecule has 3 heterocycles. The summed E-state index contributed by atoms with van der Waals surface area (Å²) < 4.78 is -0.403. The minimum atomic E-state index is -1.13. The van der Waals surface area contributed by atoms with E-state index < -0.39 is 40.6 Å². The van der Waals surface area contributed by atoms with E-state index in [1.165, 1.54) is 11.8 Å². The molecule has 4 N–H and O–H groups in total. The van der Waals surface area contributed by atoms with Gasteiger partial charge >= 0.3 is 6.03 Å². The highest BCUT2D eigenvalue weighted by molar-refractivity contribution is 8.01. The molecule has 14 heteroatoms. The average molecular weight is 493 g/mol. The van der Waals surface area contributed by atoms with Gasteiger partial charge < -0.3 is 15.5 Å². The minimum absolute atomic E-state index is 0.276. The van der Waals surface area contributed by atoms with Gasteiger partial charge in [-0.25, -0.2) is 9.89 Å². The van der Waals surface area contributed by atoms with Crippen LogP contribution < -0.4 is 16.0 Å². The van der Waals surface area contributed by atoms with Crippen LogP contribution >= 0.6 is 23.4 Å². The van der Waals surface area contributed by atoms with Crippen LogP contribution in [-0.2, 0) is 14.4 Å². The van der Waals surface area contributed by atoms with Crippen molar-refractivity contribution in [2.75, 3.05) is 5.88 Å². The van der Waals surface area contributed by atoms with Crippen LogP contribution in [0.3, 0.4) is 0 Å². The molecule has 174 valence electrons. The highest BCUT2D eigenvalue weighted by atomic mass is 35.5. The van der Waals surface area contributed by atoms with E-state index >= 15 is 0 Å². The van der Waals surface area contributed by atoms with Gasteiger partial charge in [-0.2, -0.15) is 0 Å². The molecule has 3 unspecified atom stereocenters. The molecule has 0 spiro atoms. The van der Waals surface area contributed by atoms with Crippen molar-refractivity contribution in [3.8, 4) is 0 Å². The van der Waals surface area contributed by atoms with Crippen LogP contribution in [0.1, 0.15) is 37.3 Å². The third kappa shape index (κ3) is 4.37. The molecule has 0 aliphatic carbocycles. The number of alkyl halides is 1. The molecule has 5 amide bonds. The summed E-state index contributed by atoms with van der Waals surface area (Å²) in [6, 6.07) is 5.32. The number of thioether (sulfide) groups is 1. The molecule has 33 heavy (non-hydrogen) atoms. The average Bonchev–Trinajstić information content (AvgIpc) is 3.40. The molecule has 1 aromatic carbocycles. The molecule has 2 saturated heterocycles. The Morgan fingerprint density at radius 3 is 2.64 bits per heavy atom. The number of H-pyrrole nitrogens is 1. The summed E-state index contributed by atoms with van der Waals surface area (Å²) in [5.74, 6) is -1.50. The van der Waals surface area contributed by atoms with Crippen molar-refractivity contribution in [3.63, 3.8) is 0 Å². The van der Waals surface area contributed by atoms with Gasteiger partial charge in [0.05, 0.1) is 0 Å². The highest BCUT2D eigenvalue weighted by Gasteiger charge is 2.63. The number of amides is 5. The van der Waals surface area contributed by atoms with Crippen LogP contribution in [-0.4, -0.2) is 71.3 Å². The number of tetrazole rings is 1. The minimum Gasteiger partial charge on any atom is -0.340 e. The van der Waals surface area contributed by atoms with Gasteiger partial charge in [0.25, 0.3) is 0 Å². The largest absolute Gasteiger partial charge is 0.340 e. The number of fused-ring (bicyclic) bond motifs is 1. The van der Waals surface area contributed by atoms with E-state index in [-0.39, 0.29) is 17.3 Å². The molecule has 0 saturated carbocycles. The molecule has 12 nitrogen and oxygen atoms in total. The Balaban J connectivity index is 1.50. The maximum absolute atomic E-state index is 13.2. The maximum Gasteiger partial charge on any atom is 0.322 e. The number of hydrogen-bond acceptors (Lipinski definition) is 8. The Bertz CT molecular complexity index is 1070. The van der Waals surface area contributed by atoms with Crippen LogP contribution in [0, 0.1) is 0 Å². The number of β-lactam (4-membered cyclic amide) rings is 1. The van der Waals surface area contributed by atoms with Crippen molar-refractivity contribution in [1.29, 1.82) is 0 Å². The first-order valence-electron chi connectivity index (χ1n) is 9.98. The van der Waals surface area contributed by atoms with Crippen LogP contribution in [0.15, 0.2) is 30.3 Å². The Labute approximate surface area is 197 Å². The molecule has 2 aliphatic rings. The monoisotopic (exact) mass is 492 g/mol. The van der Waals surface area contributed by atoms with E-state index in [0.29, 0.717) is 11.4 Å². The molecule has 0 bridgehead atoms. The highest BCUT2D eigenvalue weighted by Crippen LogP contribution is 2.56. The fourth-order valence-corrected chi connectivity index (χ4v) is 5.68. The zero-order chi connectivity index (χ0) is 23.8. The summed E-state index contributed by atoms with van der Waals surface area (Å²) in [6.45, 7) is 3.95. The van der Waals surface area contributed by atoms with Crippen molar-refractivity contribution in [2.45, 2.75) is 42.1 Å². The predicted octanol–water partition coefficient (Wildman–Crippen LogP) is 0.225. The number of rotatable bonds is 6. The lowest BCUT2D eigenvalue weighted by Crippen LogP contribution is -2.68. The summed E-state index contributed by atoms with van der Waals surface area (Å²) in [4.78, 5) is 51.4.